The largest absolute Gasteiger partial charge is 0.508 e. The van der Waals surface area contributed by atoms with Gasteiger partial charge >= 0.3 is 6.09 Å². The predicted octanol–water partition coefficient (Wildman–Crippen LogP) is 4.28. The summed E-state index contributed by atoms with van der Waals surface area (Å²) in [6.45, 7) is 11.3. The Morgan fingerprint density at radius 3 is 2.19 bits per heavy atom. The van der Waals surface area contributed by atoms with Crippen molar-refractivity contribution >= 4 is 24.0 Å². The van der Waals surface area contributed by atoms with E-state index in [9.17, 15) is 24.6 Å². The molecule has 1 atom stereocenters. The first-order chi connectivity index (χ1) is 17.3. The molecule has 0 saturated carbocycles. The number of aryl methyl sites for hydroxylation is 2. The zero-order chi connectivity index (χ0) is 27.8. The summed E-state index contributed by atoms with van der Waals surface area (Å²) in [5.74, 6) is -0.619. The van der Waals surface area contributed by atoms with Crippen LogP contribution in [0.2, 0.25) is 0 Å². The maximum Gasteiger partial charge on any atom is 0.407 e. The van der Waals surface area contributed by atoms with Gasteiger partial charge in [0.25, 0.3) is 0 Å². The van der Waals surface area contributed by atoms with Crippen molar-refractivity contribution in [3.8, 4) is 5.75 Å². The molecule has 0 radical (unpaired) electrons. The molecule has 2 rings (SSSR count). The third kappa shape index (κ3) is 9.29. The molecule has 0 spiro atoms. The quantitative estimate of drug-likeness (QED) is 0.337. The lowest BCUT2D eigenvalue weighted by molar-refractivity contribution is -0.128. The van der Waals surface area contributed by atoms with Gasteiger partial charge in [-0.25, -0.2) is 4.79 Å². The number of carbonyl (C=O) groups excluding carboxylic acids is 2. The van der Waals surface area contributed by atoms with Crippen LogP contribution < -0.4 is 10.6 Å². The van der Waals surface area contributed by atoms with Crippen LogP contribution in [0.3, 0.4) is 0 Å². The zero-order valence-corrected chi connectivity index (χ0v) is 22.5. The topological polar surface area (TPSA) is 119 Å². The lowest BCUT2D eigenvalue weighted by Gasteiger charge is -2.34. The minimum atomic E-state index is -1.18. The van der Waals surface area contributed by atoms with Gasteiger partial charge in [0.1, 0.15) is 11.8 Å². The normalized spacial score (nSPS) is 12.4. The van der Waals surface area contributed by atoms with E-state index < -0.39 is 23.6 Å². The van der Waals surface area contributed by atoms with Crippen molar-refractivity contribution in [1.29, 1.82) is 0 Å². The Morgan fingerprint density at radius 1 is 1.05 bits per heavy atom. The minimum absolute atomic E-state index is 0.0112. The van der Waals surface area contributed by atoms with E-state index in [1.54, 1.807) is 32.1 Å². The number of hydrogen-bond acceptors (Lipinski definition) is 4. The van der Waals surface area contributed by atoms with Gasteiger partial charge in [-0.05, 0) is 74.1 Å². The van der Waals surface area contributed by atoms with Crippen LogP contribution in [-0.2, 0) is 16.0 Å². The first-order valence-electron chi connectivity index (χ1n) is 12.4. The van der Waals surface area contributed by atoms with Crippen molar-refractivity contribution in [1.82, 2.24) is 15.5 Å². The van der Waals surface area contributed by atoms with Crippen molar-refractivity contribution in [2.24, 2.45) is 5.92 Å². The second-order valence-electron chi connectivity index (χ2n) is 10.4. The molecule has 4 N–H and O–H groups in total. The molecule has 0 saturated heterocycles. The van der Waals surface area contributed by atoms with Gasteiger partial charge < -0.3 is 20.8 Å². The molecule has 37 heavy (non-hydrogen) atoms. The summed E-state index contributed by atoms with van der Waals surface area (Å²) in [7, 11) is 0. The number of aromatic hydroxyl groups is 1. The average molecular weight is 510 g/mol. The summed E-state index contributed by atoms with van der Waals surface area (Å²) < 4.78 is 0. The summed E-state index contributed by atoms with van der Waals surface area (Å²) in [5, 5.41) is 25.6. The molecule has 0 bridgehead atoms. The first kappa shape index (κ1) is 29.4. The van der Waals surface area contributed by atoms with Gasteiger partial charge in [0.2, 0.25) is 11.8 Å². The lowest BCUT2D eigenvalue weighted by atomic mass is 9.93. The highest BCUT2D eigenvalue weighted by Gasteiger charge is 2.34. The second-order valence-corrected chi connectivity index (χ2v) is 10.4. The van der Waals surface area contributed by atoms with Gasteiger partial charge in [-0.1, -0.05) is 44.2 Å². The van der Waals surface area contributed by atoms with Crippen molar-refractivity contribution in [3.05, 3.63) is 70.8 Å². The molecule has 8 nitrogen and oxygen atoms in total. The van der Waals surface area contributed by atoms with Gasteiger partial charge in [0.15, 0.2) is 0 Å². The van der Waals surface area contributed by atoms with Gasteiger partial charge in [-0.2, -0.15) is 0 Å². The summed E-state index contributed by atoms with van der Waals surface area (Å²) in [6.07, 6.45) is 2.11. The van der Waals surface area contributed by atoms with E-state index in [1.807, 2.05) is 58.0 Å². The second kappa shape index (κ2) is 12.9. The van der Waals surface area contributed by atoms with Crippen LogP contribution in [-0.4, -0.2) is 57.7 Å². The Hall–Kier alpha value is -3.81. The molecule has 2 aromatic carbocycles. The van der Waals surface area contributed by atoms with E-state index in [2.05, 4.69) is 10.6 Å². The summed E-state index contributed by atoms with van der Waals surface area (Å²) >= 11 is 0. The van der Waals surface area contributed by atoms with Gasteiger partial charge in [0.05, 0.1) is 5.54 Å². The van der Waals surface area contributed by atoms with Gasteiger partial charge in [0, 0.05) is 25.6 Å². The van der Waals surface area contributed by atoms with Gasteiger partial charge in [-0.15, -0.1) is 0 Å². The van der Waals surface area contributed by atoms with E-state index in [0.29, 0.717) is 0 Å². The van der Waals surface area contributed by atoms with Crippen molar-refractivity contribution in [2.45, 2.75) is 59.5 Å². The molecular formula is C29H39N3O5. The Balaban J connectivity index is 2.20. The molecule has 0 aliphatic rings. The fourth-order valence-corrected chi connectivity index (χ4v) is 4.13. The molecule has 0 fully saturated rings. The Kier molecular flexibility index (Phi) is 10.3. The number of hydrogen-bond donors (Lipinski definition) is 4. The molecule has 0 aromatic heterocycles. The smallest absolute Gasteiger partial charge is 0.407 e. The van der Waals surface area contributed by atoms with Crippen LogP contribution in [0.1, 0.15) is 49.9 Å². The van der Waals surface area contributed by atoms with Crippen LogP contribution in [0.5, 0.6) is 5.75 Å². The Labute approximate surface area is 219 Å². The fourth-order valence-electron chi connectivity index (χ4n) is 4.13. The number of carbonyl (C=O) groups is 3. The number of phenols is 1. The molecular weight excluding hydrogens is 470 g/mol. The van der Waals surface area contributed by atoms with Crippen LogP contribution in [0.4, 0.5) is 4.79 Å². The third-order valence-electron chi connectivity index (χ3n) is 5.96. The van der Waals surface area contributed by atoms with Gasteiger partial charge in [-0.3, -0.25) is 14.5 Å². The molecule has 0 heterocycles. The highest BCUT2D eigenvalue weighted by molar-refractivity contribution is 5.92. The van der Waals surface area contributed by atoms with Crippen molar-refractivity contribution in [3.63, 3.8) is 0 Å². The fraction of sp³-hybridized carbons (Fsp3) is 0.414. The summed E-state index contributed by atoms with van der Waals surface area (Å²) in [6, 6.07) is 11.7. The molecule has 200 valence electrons. The van der Waals surface area contributed by atoms with E-state index in [0.717, 1.165) is 22.3 Å². The Morgan fingerprint density at radius 2 is 1.65 bits per heavy atom. The standard InChI is InChI=1S/C29H39N3O5/c1-19(2)17-32(28(36)37)25(16-24-20(3)14-23(33)15-21(24)4)27(35)31-29(5,6)18-30-26(34)13-12-22-10-8-7-9-11-22/h7-15,19,25,33H,16-18H2,1-6H3,(H,30,34)(H,31,35)(H,36,37). The van der Waals surface area contributed by atoms with Crippen LogP contribution in [0.15, 0.2) is 48.5 Å². The van der Waals surface area contributed by atoms with E-state index in [-0.39, 0.29) is 37.1 Å². The molecule has 0 aliphatic carbocycles. The van der Waals surface area contributed by atoms with Crippen LogP contribution >= 0.6 is 0 Å². The molecule has 1 unspecified atom stereocenters. The number of amides is 3. The maximum absolute atomic E-state index is 13.5. The van der Waals surface area contributed by atoms with Crippen molar-refractivity contribution in [2.75, 3.05) is 13.1 Å². The number of nitrogens with zero attached hydrogens (tertiary/aromatic N) is 1. The van der Waals surface area contributed by atoms with E-state index >= 15 is 0 Å². The van der Waals surface area contributed by atoms with Crippen molar-refractivity contribution < 1.29 is 24.6 Å². The molecule has 3 amide bonds. The maximum atomic E-state index is 13.5. The monoisotopic (exact) mass is 509 g/mol. The van der Waals surface area contributed by atoms with E-state index in [4.69, 9.17) is 0 Å². The van der Waals surface area contributed by atoms with Crippen LogP contribution in [0.25, 0.3) is 6.08 Å². The number of phenolic OH excluding ortho intramolecular Hbond substituents is 1. The average Bonchev–Trinajstić information content (AvgIpc) is 2.80. The first-order valence-corrected chi connectivity index (χ1v) is 12.4. The molecule has 0 aliphatic heterocycles. The molecule has 2 aromatic rings. The minimum Gasteiger partial charge on any atom is -0.508 e. The number of carboxylic acid groups (broad SMARTS) is 1. The SMILES string of the molecule is Cc1cc(O)cc(C)c1CC(C(=O)NC(C)(C)CNC(=O)C=Cc1ccccc1)N(CC(C)C)C(=O)O. The van der Waals surface area contributed by atoms with Crippen LogP contribution in [0, 0.1) is 19.8 Å². The highest BCUT2D eigenvalue weighted by atomic mass is 16.4. The highest BCUT2D eigenvalue weighted by Crippen LogP contribution is 2.24. The zero-order valence-electron chi connectivity index (χ0n) is 22.5. The third-order valence-corrected chi connectivity index (χ3v) is 5.96. The number of nitrogens with one attached hydrogen (secondary N) is 2. The predicted molar refractivity (Wildman–Crippen MR) is 145 cm³/mol. The Bertz CT molecular complexity index is 1100. The lowest BCUT2D eigenvalue weighted by Crippen LogP contribution is -2.58. The summed E-state index contributed by atoms with van der Waals surface area (Å²) in [5.41, 5.74) is 2.42. The van der Waals surface area contributed by atoms with E-state index in [1.165, 1.54) is 11.0 Å². The number of benzene rings is 2. The number of rotatable bonds is 11. The summed E-state index contributed by atoms with van der Waals surface area (Å²) in [4.78, 5) is 39.2. The molecule has 8 heteroatoms.